The molecule has 120 valence electrons. The predicted molar refractivity (Wildman–Crippen MR) is 93.0 cm³/mol. The summed E-state index contributed by atoms with van der Waals surface area (Å²) >= 11 is 3.39. The van der Waals surface area contributed by atoms with Crippen LogP contribution in [-0.4, -0.2) is 23.9 Å². The second-order valence-corrected chi connectivity index (χ2v) is 6.92. The monoisotopic (exact) mass is 375 g/mol. The highest BCUT2D eigenvalue weighted by atomic mass is 79.9. The number of halogens is 2. The van der Waals surface area contributed by atoms with Crippen LogP contribution in [-0.2, 0) is 0 Å². The van der Waals surface area contributed by atoms with Crippen LogP contribution in [0.25, 0.3) is 0 Å². The van der Waals surface area contributed by atoms with E-state index in [0.29, 0.717) is 12.1 Å². The topological polar surface area (TPSA) is 20.3 Å². The Bertz CT molecular complexity index is 669. The summed E-state index contributed by atoms with van der Waals surface area (Å²) in [6, 6.07) is 14.2. The highest BCUT2D eigenvalue weighted by Crippen LogP contribution is 2.27. The molecule has 0 radical (unpaired) electrons. The molecule has 2 aromatic carbocycles. The third-order valence-electron chi connectivity index (χ3n) is 4.39. The first-order chi connectivity index (χ1) is 11.1. The lowest BCUT2D eigenvalue weighted by Gasteiger charge is -2.25. The van der Waals surface area contributed by atoms with Gasteiger partial charge < -0.3 is 4.90 Å². The molecule has 4 heteroatoms. The number of likely N-dealkylation sites (tertiary alicyclic amines) is 1. The van der Waals surface area contributed by atoms with Crippen LogP contribution in [0.15, 0.2) is 53.0 Å². The normalized spacial score (nSPS) is 18.5. The van der Waals surface area contributed by atoms with Gasteiger partial charge in [0.25, 0.3) is 5.91 Å². The lowest BCUT2D eigenvalue weighted by Crippen LogP contribution is -2.34. The summed E-state index contributed by atoms with van der Waals surface area (Å²) in [5.41, 5.74) is 1.83. The number of hydrogen-bond donors (Lipinski definition) is 0. The second kappa shape index (κ2) is 7.26. The maximum atomic E-state index is 13.1. The van der Waals surface area contributed by atoms with Gasteiger partial charge in [0, 0.05) is 29.0 Å². The Morgan fingerprint density at radius 3 is 2.43 bits per heavy atom. The van der Waals surface area contributed by atoms with Crippen LogP contribution < -0.4 is 0 Å². The van der Waals surface area contributed by atoms with Crippen molar-refractivity contribution < 1.29 is 9.18 Å². The first-order valence-electron chi connectivity index (χ1n) is 7.94. The van der Waals surface area contributed by atoms with Crippen LogP contribution in [0.5, 0.6) is 0 Å². The van der Waals surface area contributed by atoms with Gasteiger partial charge in [-0.15, -0.1) is 0 Å². The van der Waals surface area contributed by atoms with Crippen molar-refractivity contribution in [3.8, 4) is 0 Å². The number of carbonyl (C=O) groups is 1. The van der Waals surface area contributed by atoms with Crippen LogP contribution in [0.3, 0.4) is 0 Å². The number of amides is 1. The molecule has 1 aliphatic rings. The first kappa shape index (κ1) is 16.2. The fourth-order valence-electron chi connectivity index (χ4n) is 3.11. The average molecular weight is 376 g/mol. The highest BCUT2D eigenvalue weighted by molar-refractivity contribution is 9.10. The molecule has 0 N–H and O–H groups in total. The summed E-state index contributed by atoms with van der Waals surface area (Å²) in [7, 11) is 0. The molecular formula is C19H19BrFNO. The molecule has 23 heavy (non-hydrogen) atoms. The van der Waals surface area contributed by atoms with Gasteiger partial charge in [0.2, 0.25) is 0 Å². The zero-order valence-electron chi connectivity index (χ0n) is 12.8. The molecule has 0 unspecified atom stereocenters. The Hall–Kier alpha value is -1.68. The number of rotatable bonds is 2. The molecule has 0 aromatic heterocycles. The average Bonchev–Trinajstić information content (AvgIpc) is 2.82. The molecule has 1 fully saturated rings. The molecule has 3 rings (SSSR count). The maximum absolute atomic E-state index is 13.1. The van der Waals surface area contributed by atoms with E-state index in [-0.39, 0.29) is 17.6 Å². The largest absolute Gasteiger partial charge is 0.338 e. The zero-order chi connectivity index (χ0) is 16.2. The third-order valence-corrected chi connectivity index (χ3v) is 4.92. The van der Waals surface area contributed by atoms with Gasteiger partial charge in [-0.1, -0.05) is 34.5 Å². The van der Waals surface area contributed by atoms with E-state index in [2.05, 4.69) is 15.9 Å². The molecule has 1 heterocycles. The van der Waals surface area contributed by atoms with Gasteiger partial charge >= 0.3 is 0 Å². The minimum Gasteiger partial charge on any atom is -0.338 e. The van der Waals surface area contributed by atoms with Crippen molar-refractivity contribution in [1.82, 2.24) is 4.90 Å². The molecule has 1 atom stereocenters. The molecule has 2 nitrogen and oxygen atoms in total. The van der Waals surface area contributed by atoms with Gasteiger partial charge in [-0.25, -0.2) is 4.39 Å². The highest BCUT2D eigenvalue weighted by Gasteiger charge is 2.24. The summed E-state index contributed by atoms with van der Waals surface area (Å²) < 4.78 is 14.1. The summed E-state index contributed by atoms with van der Waals surface area (Å²) in [6.07, 6.45) is 3.14. The molecule has 0 saturated carbocycles. The van der Waals surface area contributed by atoms with Crippen molar-refractivity contribution >= 4 is 21.8 Å². The number of nitrogens with zero attached hydrogens (tertiary/aromatic N) is 1. The van der Waals surface area contributed by atoms with Crippen LogP contribution in [0.1, 0.15) is 41.1 Å². The Kier molecular flexibility index (Phi) is 5.11. The van der Waals surface area contributed by atoms with Crippen molar-refractivity contribution in [3.63, 3.8) is 0 Å². The first-order valence-corrected chi connectivity index (χ1v) is 8.73. The summed E-state index contributed by atoms with van der Waals surface area (Å²) in [5.74, 6) is 0.133. The van der Waals surface area contributed by atoms with Crippen molar-refractivity contribution in [2.45, 2.75) is 25.2 Å². The Labute approximate surface area is 144 Å². The minimum absolute atomic E-state index is 0.0755. The minimum atomic E-state index is -0.217. The SMILES string of the molecule is O=C(c1ccc(Br)cc1)N1CCCC[C@@H](c2ccc(F)cc2)C1. The summed E-state index contributed by atoms with van der Waals surface area (Å²) in [6.45, 7) is 1.48. The molecule has 0 spiro atoms. The van der Waals surface area contributed by atoms with E-state index in [9.17, 15) is 9.18 Å². The lowest BCUT2D eigenvalue weighted by molar-refractivity contribution is 0.0754. The Morgan fingerprint density at radius 2 is 1.74 bits per heavy atom. The Morgan fingerprint density at radius 1 is 1.04 bits per heavy atom. The van der Waals surface area contributed by atoms with E-state index in [1.165, 1.54) is 12.1 Å². The molecule has 0 bridgehead atoms. The van der Waals surface area contributed by atoms with Gasteiger partial charge in [-0.3, -0.25) is 4.79 Å². The van der Waals surface area contributed by atoms with Gasteiger partial charge in [-0.05, 0) is 54.8 Å². The third kappa shape index (κ3) is 3.99. The van der Waals surface area contributed by atoms with E-state index in [0.717, 1.165) is 35.8 Å². The van der Waals surface area contributed by atoms with Gasteiger partial charge in [-0.2, -0.15) is 0 Å². The quantitative estimate of drug-likeness (QED) is 0.723. The van der Waals surface area contributed by atoms with Crippen LogP contribution in [0.2, 0.25) is 0 Å². The molecule has 2 aromatic rings. The van der Waals surface area contributed by atoms with Gasteiger partial charge in [0.15, 0.2) is 0 Å². The van der Waals surface area contributed by atoms with E-state index in [1.54, 1.807) is 0 Å². The van der Waals surface area contributed by atoms with Gasteiger partial charge in [0.05, 0.1) is 0 Å². The number of hydrogen-bond acceptors (Lipinski definition) is 1. The molecule has 1 saturated heterocycles. The predicted octanol–water partition coefficient (Wildman–Crippen LogP) is 5.00. The smallest absolute Gasteiger partial charge is 0.253 e. The van der Waals surface area contributed by atoms with E-state index >= 15 is 0 Å². The van der Waals surface area contributed by atoms with E-state index in [4.69, 9.17) is 0 Å². The fourth-order valence-corrected chi connectivity index (χ4v) is 3.37. The van der Waals surface area contributed by atoms with Crippen LogP contribution in [0, 0.1) is 5.82 Å². The standard InChI is InChI=1S/C19H19BrFNO/c20-17-8-4-15(5-9-17)19(23)22-12-2-1-3-16(13-22)14-6-10-18(21)11-7-14/h4-11,16H,1-3,12-13H2/t16-/m1/s1. The zero-order valence-corrected chi connectivity index (χ0v) is 14.4. The Balaban J connectivity index is 1.77. The van der Waals surface area contributed by atoms with Crippen LogP contribution >= 0.6 is 15.9 Å². The molecule has 1 aliphatic heterocycles. The van der Waals surface area contributed by atoms with E-state index in [1.807, 2.05) is 41.3 Å². The lowest BCUT2D eigenvalue weighted by atomic mass is 9.94. The van der Waals surface area contributed by atoms with Crippen LogP contribution in [0.4, 0.5) is 4.39 Å². The second-order valence-electron chi connectivity index (χ2n) is 6.00. The summed E-state index contributed by atoms with van der Waals surface area (Å²) in [4.78, 5) is 14.7. The molecule has 0 aliphatic carbocycles. The maximum Gasteiger partial charge on any atom is 0.253 e. The van der Waals surface area contributed by atoms with Crippen molar-refractivity contribution in [1.29, 1.82) is 0 Å². The molecule has 1 amide bonds. The molecular weight excluding hydrogens is 357 g/mol. The van der Waals surface area contributed by atoms with Crippen molar-refractivity contribution in [2.75, 3.05) is 13.1 Å². The fraction of sp³-hybridized carbons (Fsp3) is 0.316. The van der Waals surface area contributed by atoms with Crippen molar-refractivity contribution in [3.05, 3.63) is 69.9 Å². The van der Waals surface area contributed by atoms with Crippen molar-refractivity contribution in [2.24, 2.45) is 0 Å². The number of carbonyl (C=O) groups excluding carboxylic acids is 1. The number of benzene rings is 2. The van der Waals surface area contributed by atoms with E-state index < -0.39 is 0 Å². The summed E-state index contributed by atoms with van der Waals surface area (Å²) in [5, 5.41) is 0. The van der Waals surface area contributed by atoms with Gasteiger partial charge in [0.1, 0.15) is 5.82 Å².